The Morgan fingerprint density at radius 2 is 1.07 bits per heavy atom. The molecule has 0 aliphatic carbocycles. The van der Waals surface area contributed by atoms with E-state index >= 15 is 0 Å². The second-order valence-corrected chi connectivity index (χ2v) is 1.73. The third kappa shape index (κ3) is 22.5. The Morgan fingerprint density at radius 1 is 0.786 bits per heavy atom. The molecule has 0 spiro atoms. The van der Waals surface area contributed by atoms with Crippen LogP contribution in [0.4, 0.5) is 0 Å². The fourth-order valence-electron chi connectivity index (χ4n) is 0.415. The van der Waals surface area contributed by atoms with Crippen molar-refractivity contribution in [1.82, 2.24) is 0 Å². The van der Waals surface area contributed by atoms with Crippen LogP contribution in [0, 0.1) is 0 Å². The molecule has 0 saturated heterocycles. The minimum Gasteiger partial charge on any atom is -0.307 e. The first-order chi connectivity index (χ1) is 6.39. The van der Waals surface area contributed by atoms with Gasteiger partial charge in [-0.1, -0.05) is 29.8 Å². The molecule has 0 N–H and O–H groups in total. The van der Waals surface area contributed by atoms with Gasteiger partial charge in [-0.25, -0.2) is 0 Å². The van der Waals surface area contributed by atoms with Crippen LogP contribution in [0.2, 0.25) is 5.02 Å². The van der Waals surface area contributed by atoms with E-state index in [-0.39, 0.29) is 17.4 Å². The molecular weight excluding hydrogens is 244 g/mol. The molecule has 0 aliphatic heterocycles. The fraction of sp³-hybridized carbons (Fsp3) is 0. The Balaban J connectivity index is -0.0000000625. The Hall–Kier alpha value is -0.948. The summed E-state index contributed by atoms with van der Waals surface area (Å²) in [7, 11) is 0. The maximum atomic E-state index is 8.00. The number of carbonyl (C=O) groups is 3. The normalized spacial score (nSPS) is 5.21. The Morgan fingerprint density at radius 3 is 1.21 bits per heavy atom. The number of benzene rings is 1. The Bertz CT molecular complexity index is 180. The van der Waals surface area contributed by atoms with Gasteiger partial charge in [0.05, 0.1) is 0 Å². The van der Waals surface area contributed by atoms with Gasteiger partial charge in [0.1, 0.15) is 20.4 Å². The summed E-state index contributed by atoms with van der Waals surface area (Å²) in [6, 6.07) is 9.44. The first-order valence-corrected chi connectivity index (χ1v) is 3.34. The molecule has 0 bridgehead atoms. The third-order valence-electron chi connectivity index (χ3n) is 0.733. The molecule has 0 atom stereocenters. The van der Waals surface area contributed by atoms with E-state index in [9.17, 15) is 0 Å². The van der Waals surface area contributed by atoms with Gasteiger partial charge in [-0.3, -0.25) is 0 Å². The standard InChI is InChI=1S/C6H5Cl.3CH2O.Cr/c7-6-4-2-1-3-5-6;3*1-2;/h1-5H;3*1H2;. The average Bonchev–Trinajstić information content (AvgIpc) is 2.28. The second kappa shape index (κ2) is 29.6. The van der Waals surface area contributed by atoms with E-state index in [4.69, 9.17) is 26.0 Å². The maximum Gasteiger partial charge on any atom is 0.106 e. The van der Waals surface area contributed by atoms with Crippen molar-refractivity contribution in [3.05, 3.63) is 35.4 Å². The van der Waals surface area contributed by atoms with Gasteiger partial charge in [0.25, 0.3) is 0 Å². The molecule has 0 amide bonds. The van der Waals surface area contributed by atoms with Crippen molar-refractivity contribution < 1.29 is 31.7 Å². The predicted molar refractivity (Wildman–Crippen MR) is 52.8 cm³/mol. The van der Waals surface area contributed by atoms with Crippen molar-refractivity contribution in [2.24, 2.45) is 0 Å². The minimum atomic E-state index is 0. The number of halogens is 1. The smallest absolute Gasteiger partial charge is 0.106 e. The van der Waals surface area contributed by atoms with Crippen LogP contribution in [0.3, 0.4) is 0 Å². The van der Waals surface area contributed by atoms with Crippen molar-refractivity contribution in [3.8, 4) is 0 Å². The minimum absolute atomic E-state index is 0. The van der Waals surface area contributed by atoms with E-state index in [0.717, 1.165) is 5.02 Å². The quantitative estimate of drug-likeness (QED) is 0.709. The molecule has 5 heteroatoms. The van der Waals surface area contributed by atoms with Gasteiger partial charge in [0, 0.05) is 22.4 Å². The van der Waals surface area contributed by atoms with E-state index in [1.807, 2.05) is 50.7 Å². The fourth-order valence-corrected chi connectivity index (χ4v) is 0.560. The SMILES string of the molecule is C=O.C=O.C=O.Clc1ccccc1.[Cr]. The molecule has 0 unspecified atom stereocenters. The first-order valence-electron chi connectivity index (χ1n) is 2.97. The van der Waals surface area contributed by atoms with Gasteiger partial charge in [0.2, 0.25) is 0 Å². The molecular formula is C9H11ClCrO3. The van der Waals surface area contributed by atoms with E-state index in [1.54, 1.807) is 0 Å². The zero-order valence-electron chi connectivity index (χ0n) is 7.52. The summed E-state index contributed by atoms with van der Waals surface area (Å²) in [4.78, 5) is 24.0. The number of hydrogen-bond donors (Lipinski definition) is 0. The number of carbonyl (C=O) groups excluding carboxylic acids is 3. The van der Waals surface area contributed by atoms with Crippen molar-refractivity contribution in [3.63, 3.8) is 0 Å². The van der Waals surface area contributed by atoms with Crippen LogP contribution in [-0.2, 0) is 31.7 Å². The van der Waals surface area contributed by atoms with Gasteiger partial charge < -0.3 is 14.4 Å². The van der Waals surface area contributed by atoms with Crippen molar-refractivity contribution in [2.45, 2.75) is 0 Å². The monoisotopic (exact) mass is 254 g/mol. The van der Waals surface area contributed by atoms with Gasteiger partial charge in [0.15, 0.2) is 0 Å². The summed E-state index contributed by atoms with van der Waals surface area (Å²) in [5.74, 6) is 0. The van der Waals surface area contributed by atoms with Gasteiger partial charge in [-0.15, -0.1) is 0 Å². The molecule has 0 aliphatic rings. The van der Waals surface area contributed by atoms with Crippen LogP contribution in [0.5, 0.6) is 0 Å². The molecule has 78 valence electrons. The Labute approximate surface area is 99.2 Å². The molecule has 0 radical (unpaired) electrons. The maximum absolute atomic E-state index is 8.00. The Kier molecular flexibility index (Phi) is 48.9. The van der Waals surface area contributed by atoms with E-state index in [0.29, 0.717) is 0 Å². The molecule has 1 rings (SSSR count). The van der Waals surface area contributed by atoms with E-state index < -0.39 is 0 Å². The van der Waals surface area contributed by atoms with Crippen LogP contribution < -0.4 is 0 Å². The molecule has 1 aromatic rings. The zero-order chi connectivity index (χ0) is 11.1. The number of hydrogen-bond acceptors (Lipinski definition) is 3. The van der Waals surface area contributed by atoms with Crippen LogP contribution >= 0.6 is 11.6 Å². The molecule has 14 heavy (non-hydrogen) atoms. The number of rotatable bonds is 0. The van der Waals surface area contributed by atoms with Crippen LogP contribution in [0.15, 0.2) is 30.3 Å². The third-order valence-corrected chi connectivity index (χ3v) is 0.985. The predicted octanol–water partition coefficient (Wildman–Crippen LogP) is 1.78. The van der Waals surface area contributed by atoms with E-state index in [2.05, 4.69) is 0 Å². The molecule has 3 nitrogen and oxygen atoms in total. The van der Waals surface area contributed by atoms with Gasteiger partial charge in [-0.05, 0) is 12.1 Å². The molecule has 1 aromatic carbocycles. The first kappa shape index (κ1) is 23.1. The topological polar surface area (TPSA) is 51.2 Å². The largest absolute Gasteiger partial charge is 0.307 e. The average molecular weight is 255 g/mol. The summed E-state index contributed by atoms with van der Waals surface area (Å²) in [5.41, 5.74) is 0. The van der Waals surface area contributed by atoms with Crippen LogP contribution in [0.25, 0.3) is 0 Å². The molecule has 0 fully saturated rings. The van der Waals surface area contributed by atoms with Crippen molar-refractivity contribution in [2.75, 3.05) is 0 Å². The summed E-state index contributed by atoms with van der Waals surface area (Å²) in [6.45, 7) is 6.00. The van der Waals surface area contributed by atoms with Gasteiger partial charge >= 0.3 is 0 Å². The summed E-state index contributed by atoms with van der Waals surface area (Å²) in [5, 5.41) is 0.794. The van der Waals surface area contributed by atoms with E-state index in [1.165, 1.54) is 0 Å². The van der Waals surface area contributed by atoms with Gasteiger partial charge in [-0.2, -0.15) is 0 Å². The molecule has 0 aromatic heterocycles. The zero-order valence-corrected chi connectivity index (χ0v) is 9.55. The van der Waals surface area contributed by atoms with Crippen LogP contribution in [-0.4, -0.2) is 20.4 Å². The summed E-state index contributed by atoms with van der Waals surface area (Å²) in [6.07, 6.45) is 0. The van der Waals surface area contributed by atoms with Crippen molar-refractivity contribution >= 4 is 32.0 Å². The van der Waals surface area contributed by atoms with Crippen molar-refractivity contribution in [1.29, 1.82) is 0 Å². The van der Waals surface area contributed by atoms with Crippen LogP contribution in [0.1, 0.15) is 0 Å². The second-order valence-electron chi connectivity index (χ2n) is 1.30. The molecule has 0 saturated carbocycles. The summed E-state index contributed by atoms with van der Waals surface area (Å²) < 4.78 is 0. The molecule has 0 heterocycles. The summed E-state index contributed by atoms with van der Waals surface area (Å²) >= 11 is 5.54.